The van der Waals surface area contributed by atoms with Crippen LogP contribution in [-0.4, -0.2) is 10.5 Å². The number of rotatable bonds is 2. The van der Waals surface area contributed by atoms with Gasteiger partial charge in [0.05, 0.1) is 11.1 Å². The molecule has 2 aromatic carbocycles. The molecule has 0 unspecified atom stereocenters. The van der Waals surface area contributed by atoms with Crippen molar-refractivity contribution in [2.45, 2.75) is 27.7 Å². The van der Waals surface area contributed by atoms with Crippen molar-refractivity contribution >= 4 is 5.71 Å². The Hall–Kier alpha value is -2.18. The Kier molecular flexibility index (Phi) is 3.64. The summed E-state index contributed by atoms with van der Waals surface area (Å²) < 4.78 is 0. The summed E-state index contributed by atoms with van der Waals surface area (Å²) in [5.74, 6) is 0. The Morgan fingerprint density at radius 1 is 0.737 bits per heavy atom. The van der Waals surface area contributed by atoms with E-state index < -0.39 is 0 Å². The Bertz CT molecular complexity index is 584. The molecule has 0 aliphatic carbocycles. The standard InChI is InChI=1S/C17H18N2/c1-11-7-5-8-12(2)15(11)17(19-18)16-13(3)9-6-10-14(16)4/h5-10H,1-4H3. The van der Waals surface area contributed by atoms with Crippen molar-refractivity contribution in [1.29, 1.82) is 0 Å². The average molecular weight is 250 g/mol. The van der Waals surface area contributed by atoms with Crippen molar-refractivity contribution in [2.75, 3.05) is 0 Å². The third-order valence-corrected chi connectivity index (χ3v) is 3.54. The minimum Gasteiger partial charge on any atom is -0.361 e. The molecule has 0 atom stereocenters. The second kappa shape index (κ2) is 5.21. The Morgan fingerprint density at radius 2 is 1.05 bits per heavy atom. The molecule has 96 valence electrons. The predicted octanol–water partition coefficient (Wildman–Crippen LogP) is 3.99. The van der Waals surface area contributed by atoms with Crippen molar-refractivity contribution in [3.05, 3.63) is 75.3 Å². The van der Waals surface area contributed by atoms with Crippen molar-refractivity contribution < 1.29 is 4.79 Å². The monoisotopic (exact) mass is 250 g/mol. The molecule has 0 N–H and O–H groups in total. The molecule has 0 aliphatic rings. The van der Waals surface area contributed by atoms with Gasteiger partial charge in [-0.05, 0) is 49.9 Å². The molecular formula is C17H18N2. The van der Waals surface area contributed by atoms with Gasteiger partial charge in [0.2, 0.25) is 0 Å². The Labute approximate surface area is 114 Å². The number of hydrogen-bond donors (Lipinski definition) is 0. The lowest BCUT2D eigenvalue weighted by Crippen LogP contribution is -2.12. The average Bonchev–Trinajstić information content (AvgIpc) is 2.36. The van der Waals surface area contributed by atoms with Crippen LogP contribution in [0, 0.1) is 27.7 Å². The summed E-state index contributed by atoms with van der Waals surface area (Å²) in [4.78, 5) is 3.59. The van der Waals surface area contributed by atoms with Gasteiger partial charge in [-0.2, -0.15) is 4.79 Å². The van der Waals surface area contributed by atoms with Crippen LogP contribution in [0.4, 0.5) is 0 Å². The van der Waals surface area contributed by atoms with Gasteiger partial charge in [-0.1, -0.05) is 36.4 Å². The number of aryl methyl sites for hydroxylation is 4. The molecule has 0 amide bonds. The molecule has 2 aromatic rings. The highest BCUT2D eigenvalue weighted by molar-refractivity contribution is 6.12. The van der Waals surface area contributed by atoms with Gasteiger partial charge in [-0.25, -0.2) is 0 Å². The minimum absolute atomic E-state index is 0.659. The molecule has 19 heavy (non-hydrogen) atoms. The van der Waals surface area contributed by atoms with Crippen molar-refractivity contribution in [3.8, 4) is 0 Å². The molecular weight excluding hydrogens is 232 g/mol. The largest absolute Gasteiger partial charge is 0.361 e. The Balaban J connectivity index is 2.76. The third-order valence-electron chi connectivity index (χ3n) is 3.54. The molecule has 0 bridgehead atoms. The minimum atomic E-state index is 0.659. The van der Waals surface area contributed by atoms with Crippen LogP contribution in [0.5, 0.6) is 0 Å². The lowest BCUT2D eigenvalue weighted by Gasteiger charge is -2.09. The predicted molar refractivity (Wildman–Crippen MR) is 78.7 cm³/mol. The molecule has 0 saturated heterocycles. The van der Waals surface area contributed by atoms with E-state index in [0.717, 1.165) is 33.4 Å². The lowest BCUT2D eigenvalue weighted by atomic mass is 9.89. The molecule has 2 nitrogen and oxygen atoms in total. The highest BCUT2D eigenvalue weighted by Crippen LogP contribution is 2.22. The van der Waals surface area contributed by atoms with Crippen LogP contribution in [0.3, 0.4) is 0 Å². The SMILES string of the molecule is Cc1cccc(C)c1C(=[N+]=[N-])c1c(C)cccc1C. The summed E-state index contributed by atoms with van der Waals surface area (Å²) in [6.45, 7) is 8.17. The highest BCUT2D eigenvalue weighted by Gasteiger charge is 2.23. The fraction of sp³-hybridized carbons (Fsp3) is 0.235. The van der Waals surface area contributed by atoms with E-state index in [-0.39, 0.29) is 0 Å². The number of nitrogens with zero attached hydrogens (tertiary/aromatic N) is 2. The van der Waals surface area contributed by atoms with E-state index in [0.29, 0.717) is 5.71 Å². The summed E-state index contributed by atoms with van der Waals surface area (Å²) in [5.41, 5.74) is 16.7. The van der Waals surface area contributed by atoms with Gasteiger partial charge in [0.25, 0.3) is 0 Å². The van der Waals surface area contributed by atoms with Crippen LogP contribution in [0.25, 0.3) is 5.53 Å². The fourth-order valence-corrected chi connectivity index (χ4v) is 2.60. The number of benzene rings is 2. The van der Waals surface area contributed by atoms with E-state index in [1.165, 1.54) is 0 Å². The summed E-state index contributed by atoms with van der Waals surface area (Å²) in [7, 11) is 0. The van der Waals surface area contributed by atoms with E-state index in [9.17, 15) is 5.53 Å². The molecule has 0 aromatic heterocycles. The first kappa shape index (κ1) is 13.3. The van der Waals surface area contributed by atoms with E-state index in [2.05, 4.69) is 4.79 Å². The first-order valence-corrected chi connectivity index (χ1v) is 6.41. The number of hydrogen-bond acceptors (Lipinski definition) is 0. The Morgan fingerprint density at radius 3 is 1.32 bits per heavy atom. The summed E-state index contributed by atoms with van der Waals surface area (Å²) in [5, 5.41) is 0. The molecule has 0 aliphatic heterocycles. The molecule has 0 fully saturated rings. The quantitative estimate of drug-likeness (QED) is 0.439. The van der Waals surface area contributed by atoms with Gasteiger partial charge in [0.15, 0.2) is 0 Å². The lowest BCUT2D eigenvalue weighted by molar-refractivity contribution is -0.00295. The topological polar surface area (TPSA) is 36.4 Å². The molecule has 0 heterocycles. The fourth-order valence-electron chi connectivity index (χ4n) is 2.60. The van der Waals surface area contributed by atoms with E-state index >= 15 is 0 Å². The summed E-state index contributed by atoms with van der Waals surface area (Å²) in [6.07, 6.45) is 0. The molecule has 0 saturated carbocycles. The van der Waals surface area contributed by atoms with Crippen molar-refractivity contribution in [1.82, 2.24) is 0 Å². The second-order valence-electron chi connectivity index (χ2n) is 4.98. The van der Waals surface area contributed by atoms with Gasteiger partial charge >= 0.3 is 5.71 Å². The zero-order valence-corrected chi connectivity index (χ0v) is 11.9. The first-order chi connectivity index (χ1) is 9.06. The molecule has 2 rings (SSSR count). The van der Waals surface area contributed by atoms with Gasteiger partial charge in [-0.3, -0.25) is 0 Å². The molecule has 2 heteroatoms. The van der Waals surface area contributed by atoms with Crippen LogP contribution in [0.15, 0.2) is 36.4 Å². The van der Waals surface area contributed by atoms with Crippen LogP contribution in [0.2, 0.25) is 0 Å². The van der Waals surface area contributed by atoms with Crippen molar-refractivity contribution in [2.24, 2.45) is 0 Å². The van der Waals surface area contributed by atoms with Crippen molar-refractivity contribution in [3.63, 3.8) is 0 Å². The zero-order chi connectivity index (χ0) is 14.0. The normalized spacial score (nSPS) is 10.1. The molecule has 0 radical (unpaired) electrons. The van der Waals surface area contributed by atoms with Crippen LogP contribution >= 0.6 is 0 Å². The maximum atomic E-state index is 9.52. The maximum Gasteiger partial charge on any atom is 0.330 e. The van der Waals surface area contributed by atoms with E-state index in [1.807, 2.05) is 64.1 Å². The highest BCUT2D eigenvalue weighted by atomic mass is 14.9. The van der Waals surface area contributed by atoms with Gasteiger partial charge in [0.1, 0.15) is 0 Å². The maximum absolute atomic E-state index is 9.52. The van der Waals surface area contributed by atoms with Crippen LogP contribution < -0.4 is 0 Å². The van der Waals surface area contributed by atoms with Gasteiger partial charge in [0, 0.05) is 0 Å². The third kappa shape index (κ3) is 2.35. The van der Waals surface area contributed by atoms with Gasteiger partial charge in [-0.15, -0.1) is 0 Å². The smallest absolute Gasteiger partial charge is 0.330 e. The second-order valence-corrected chi connectivity index (χ2v) is 4.98. The van der Waals surface area contributed by atoms with Crippen LogP contribution in [0.1, 0.15) is 33.4 Å². The first-order valence-electron chi connectivity index (χ1n) is 6.41. The van der Waals surface area contributed by atoms with Gasteiger partial charge < -0.3 is 5.53 Å². The van der Waals surface area contributed by atoms with E-state index in [1.54, 1.807) is 0 Å². The molecule has 0 spiro atoms. The zero-order valence-electron chi connectivity index (χ0n) is 11.9. The van der Waals surface area contributed by atoms with E-state index in [4.69, 9.17) is 0 Å². The summed E-state index contributed by atoms with van der Waals surface area (Å²) in [6, 6.07) is 12.2. The van der Waals surface area contributed by atoms with Crippen LogP contribution in [-0.2, 0) is 0 Å². The summed E-state index contributed by atoms with van der Waals surface area (Å²) >= 11 is 0.